The molecule has 1 fully saturated rings. The first kappa shape index (κ1) is 15.9. The third-order valence-corrected chi connectivity index (χ3v) is 3.51. The van der Waals surface area contributed by atoms with Crippen LogP contribution in [-0.4, -0.2) is 39.3 Å². The minimum atomic E-state index is -1.16. The summed E-state index contributed by atoms with van der Waals surface area (Å²) < 4.78 is 26.4. The highest BCUT2D eigenvalue weighted by molar-refractivity contribution is 5.78. The Bertz CT molecular complexity index is 542. The van der Waals surface area contributed by atoms with Crippen molar-refractivity contribution in [3.8, 4) is 0 Å². The summed E-state index contributed by atoms with van der Waals surface area (Å²) >= 11 is 0. The fourth-order valence-electron chi connectivity index (χ4n) is 2.60. The number of hydrogen-bond donors (Lipinski definition) is 2. The summed E-state index contributed by atoms with van der Waals surface area (Å²) in [7, 11) is 0. The Morgan fingerprint density at radius 3 is 2.62 bits per heavy atom. The number of benzene rings is 1. The average molecular weight is 299 g/mol. The van der Waals surface area contributed by atoms with Gasteiger partial charge in [0.1, 0.15) is 0 Å². The lowest BCUT2D eigenvalue weighted by atomic mass is 10.0. The number of nitrogens with zero attached hydrogens (tertiary/aromatic N) is 1. The molecule has 1 aromatic rings. The van der Waals surface area contributed by atoms with Crippen LogP contribution >= 0.6 is 0 Å². The molecule has 1 amide bonds. The molecule has 1 saturated heterocycles. The van der Waals surface area contributed by atoms with Crippen LogP contribution in [0.15, 0.2) is 18.2 Å². The largest absolute Gasteiger partial charge is 0.391 e. The minimum Gasteiger partial charge on any atom is -0.391 e. The van der Waals surface area contributed by atoms with Gasteiger partial charge in [-0.2, -0.15) is 0 Å². The number of aliphatic hydroxyl groups is 2. The van der Waals surface area contributed by atoms with Crippen molar-refractivity contribution in [2.45, 2.75) is 44.4 Å². The van der Waals surface area contributed by atoms with Crippen molar-refractivity contribution in [3.63, 3.8) is 0 Å². The fourth-order valence-corrected chi connectivity index (χ4v) is 2.60. The van der Waals surface area contributed by atoms with Crippen LogP contribution in [0.3, 0.4) is 0 Å². The normalized spacial score (nSPS) is 22.7. The molecule has 6 heteroatoms. The van der Waals surface area contributed by atoms with E-state index in [0.717, 1.165) is 12.1 Å². The number of hydrogen-bond acceptors (Lipinski definition) is 3. The molecule has 0 saturated carbocycles. The molecule has 4 nitrogen and oxygen atoms in total. The van der Waals surface area contributed by atoms with Gasteiger partial charge in [0, 0.05) is 6.54 Å². The summed E-state index contributed by atoms with van der Waals surface area (Å²) in [4.78, 5) is 13.6. The Kier molecular flexibility index (Phi) is 4.30. The number of likely N-dealkylation sites (tertiary alicyclic amines) is 1. The average Bonchev–Trinajstić information content (AvgIpc) is 2.73. The second kappa shape index (κ2) is 5.69. The standard InChI is InChI=1S/C15H19F2NO3/c1-15(2,21)7-14(20)18-8-10(19)6-13(18)9-3-4-11(16)12(17)5-9/h3-5,10,13,19,21H,6-8H2,1-2H3. The third-order valence-electron chi connectivity index (χ3n) is 3.51. The smallest absolute Gasteiger partial charge is 0.226 e. The molecule has 0 radical (unpaired) electrons. The fraction of sp³-hybridized carbons (Fsp3) is 0.533. The summed E-state index contributed by atoms with van der Waals surface area (Å²) in [5.74, 6) is -2.26. The first-order valence-corrected chi connectivity index (χ1v) is 6.82. The molecule has 1 aliphatic rings. The molecule has 0 bridgehead atoms. The lowest BCUT2D eigenvalue weighted by Gasteiger charge is -2.27. The maximum absolute atomic E-state index is 13.3. The van der Waals surface area contributed by atoms with E-state index in [1.807, 2.05) is 0 Å². The van der Waals surface area contributed by atoms with E-state index in [1.54, 1.807) is 0 Å². The van der Waals surface area contributed by atoms with Crippen LogP contribution in [0.5, 0.6) is 0 Å². The van der Waals surface area contributed by atoms with Crippen molar-refractivity contribution in [1.82, 2.24) is 4.90 Å². The molecule has 2 atom stereocenters. The summed E-state index contributed by atoms with van der Waals surface area (Å²) in [5.41, 5.74) is -0.724. The van der Waals surface area contributed by atoms with Gasteiger partial charge in [-0.05, 0) is 38.0 Å². The topological polar surface area (TPSA) is 60.8 Å². The van der Waals surface area contributed by atoms with Gasteiger partial charge in [0.15, 0.2) is 11.6 Å². The molecule has 0 aromatic heterocycles. The molecule has 2 N–H and O–H groups in total. The van der Waals surface area contributed by atoms with Crippen LogP contribution in [0.25, 0.3) is 0 Å². The van der Waals surface area contributed by atoms with E-state index >= 15 is 0 Å². The SMILES string of the molecule is CC(C)(O)CC(=O)N1CC(O)CC1c1ccc(F)c(F)c1. The summed E-state index contributed by atoms with van der Waals surface area (Å²) in [6.45, 7) is 3.16. The highest BCUT2D eigenvalue weighted by Gasteiger charge is 2.37. The monoisotopic (exact) mass is 299 g/mol. The number of carbonyl (C=O) groups is 1. The van der Waals surface area contributed by atoms with Gasteiger partial charge in [-0.15, -0.1) is 0 Å². The Morgan fingerprint density at radius 1 is 1.38 bits per heavy atom. The van der Waals surface area contributed by atoms with Crippen molar-refractivity contribution >= 4 is 5.91 Å². The maximum Gasteiger partial charge on any atom is 0.226 e. The molecule has 1 heterocycles. The van der Waals surface area contributed by atoms with Gasteiger partial charge in [-0.25, -0.2) is 8.78 Å². The lowest BCUT2D eigenvalue weighted by Crippen LogP contribution is -2.36. The van der Waals surface area contributed by atoms with Crippen molar-refractivity contribution < 1.29 is 23.8 Å². The Balaban J connectivity index is 2.24. The summed E-state index contributed by atoms with van der Waals surface area (Å²) in [5, 5.41) is 19.5. The number of rotatable bonds is 3. The minimum absolute atomic E-state index is 0.0973. The summed E-state index contributed by atoms with van der Waals surface area (Å²) in [6, 6.07) is 2.95. The molecular weight excluding hydrogens is 280 g/mol. The molecule has 1 aliphatic heterocycles. The molecule has 21 heavy (non-hydrogen) atoms. The van der Waals surface area contributed by atoms with Gasteiger partial charge >= 0.3 is 0 Å². The van der Waals surface area contributed by atoms with Crippen LogP contribution in [0.1, 0.15) is 38.3 Å². The Hall–Kier alpha value is -1.53. The number of aliphatic hydroxyl groups excluding tert-OH is 1. The van der Waals surface area contributed by atoms with Crippen LogP contribution < -0.4 is 0 Å². The first-order valence-electron chi connectivity index (χ1n) is 6.82. The van der Waals surface area contributed by atoms with E-state index in [-0.39, 0.29) is 25.3 Å². The molecule has 2 unspecified atom stereocenters. The van der Waals surface area contributed by atoms with Crippen molar-refractivity contribution in [1.29, 1.82) is 0 Å². The second-order valence-corrected chi connectivity index (χ2v) is 6.11. The van der Waals surface area contributed by atoms with Crippen molar-refractivity contribution in [3.05, 3.63) is 35.4 Å². The number of carbonyl (C=O) groups excluding carboxylic acids is 1. The number of amides is 1. The molecule has 0 spiro atoms. The number of halogens is 2. The zero-order valence-corrected chi connectivity index (χ0v) is 12.0. The molecular formula is C15H19F2NO3. The zero-order chi connectivity index (χ0) is 15.8. The zero-order valence-electron chi connectivity index (χ0n) is 12.0. The number of β-amino-alcohol motifs (C(OH)–C–C–N with tert-alkyl or cyclic N) is 1. The van der Waals surface area contributed by atoms with Crippen LogP contribution in [-0.2, 0) is 4.79 Å². The maximum atomic E-state index is 13.3. The van der Waals surface area contributed by atoms with E-state index in [0.29, 0.717) is 5.56 Å². The summed E-state index contributed by atoms with van der Waals surface area (Å²) in [6.07, 6.45) is -0.545. The quantitative estimate of drug-likeness (QED) is 0.894. The van der Waals surface area contributed by atoms with Gasteiger partial charge in [-0.1, -0.05) is 6.07 Å². The van der Waals surface area contributed by atoms with Gasteiger partial charge in [0.05, 0.1) is 24.2 Å². The van der Waals surface area contributed by atoms with Gasteiger partial charge in [-0.3, -0.25) is 4.79 Å². The highest BCUT2D eigenvalue weighted by atomic mass is 19.2. The van der Waals surface area contributed by atoms with E-state index in [1.165, 1.54) is 24.8 Å². The molecule has 2 rings (SSSR count). The predicted octanol–water partition coefficient (Wildman–Crippen LogP) is 1.76. The highest BCUT2D eigenvalue weighted by Crippen LogP contribution is 2.34. The molecule has 116 valence electrons. The van der Waals surface area contributed by atoms with E-state index < -0.39 is 29.4 Å². The van der Waals surface area contributed by atoms with Gasteiger partial charge in [0.2, 0.25) is 5.91 Å². The van der Waals surface area contributed by atoms with Gasteiger partial charge in [0.25, 0.3) is 0 Å². The Labute approximate surface area is 122 Å². The second-order valence-electron chi connectivity index (χ2n) is 6.11. The van der Waals surface area contributed by atoms with Crippen LogP contribution in [0.4, 0.5) is 8.78 Å². The van der Waals surface area contributed by atoms with Crippen LogP contribution in [0, 0.1) is 11.6 Å². The lowest BCUT2D eigenvalue weighted by molar-refractivity contribution is -0.136. The van der Waals surface area contributed by atoms with E-state index in [4.69, 9.17) is 0 Å². The molecule has 0 aliphatic carbocycles. The van der Waals surface area contributed by atoms with E-state index in [9.17, 15) is 23.8 Å². The van der Waals surface area contributed by atoms with E-state index in [2.05, 4.69) is 0 Å². The predicted molar refractivity (Wildman–Crippen MR) is 72.4 cm³/mol. The third kappa shape index (κ3) is 3.77. The molecule has 1 aromatic carbocycles. The Morgan fingerprint density at radius 2 is 2.05 bits per heavy atom. The van der Waals surface area contributed by atoms with Gasteiger partial charge < -0.3 is 15.1 Å². The van der Waals surface area contributed by atoms with Crippen LogP contribution in [0.2, 0.25) is 0 Å². The first-order chi connectivity index (χ1) is 9.67. The van der Waals surface area contributed by atoms with Crippen molar-refractivity contribution in [2.24, 2.45) is 0 Å². The van der Waals surface area contributed by atoms with Crippen molar-refractivity contribution in [2.75, 3.05) is 6.54 Å².